The largest absolute Gasteiger partial charge is 0.389 e. The highest BCUT2D eigenvalue weighted by Crippen LogP contribution is 2.24. The third kappa shape index (κ3) is 3.12. The summed E-state index contributed by atoms with van der Waals surface area (Å²) < 4.78 is 13.5. The molecular weight excluding hydrogens is 299 g/mol. The van der Waals surface area contributed by atoms with Gasteiger partial charge in [0.1, 0.15) is 10.8 Å². The topological polar surface area (TPSA) is 55.1 Å². The second-order valence-corrected chi connectivity index (χ2v) is 4.84. The number of hydrogen-bond donors (Lipinski definition) is 2. The molecule has 2 rings (SSSR count). The summed E-state index contributed by atoms with van der Waals surface area (Å²) in [6, 6.07) is 10.4. The van der Waals surface area contributed by atoms with Gasteiger partial charge in [0.25, 0.3) is 5.91 Å². The maximum absolute atomic E-state index is 13.5. The summed E-state index contributed by atoms with van der Waals surface area (Å²) in [6.07, 6.45) is 0. The molecule has 0 bridgehead atoms. The summed E-state index contributed by atoms with van der Waals surface area (Å²) in [4.78, 5) is 12.2. The first-order valence-electron chi connectivity index (χ1n) is 5.64. The highest BCUT2D eigenvalue weighted by atomic mass is 35.5. The molecule has 0 aliphatic carbocycles. The average Bonchev–Trinajstić information content (AvgIpc) is 2.41. The minimum Gasteiger partial charge on any atom is -0.389 e. The summed E-state index contributed by atoms with van der Waals surface area (Å²) >= 11 is 10.8. The molecule has 0 saturated carbocycles. The zero-order valence-electron chi connectivity index (χ0n) is 10.2. The van der Waals surface area contributed by atoms with E-state index in [1.54, 1.807) is 24.3 Å². The lowest BCUT2D eigenvalue weighted by Gasteiger charge is -2.09. The van der Waals surface area contributed by atoms with Crippen molar-refractivity contribution in [1.82, 2.24) is 0 Å². The van der Waals surface area contributed by atoms with Crippen LogP contribution in [0, 0.1) is 5.82 Å². The molecule has 102 valence electrons. The van der Waals surface area contributed by atoms with Crippen molar-refractivity contribution in [3.63, 3.8) is 0 Å². The summed E-state index contributed by atoms with van der Waals surface area (Å²) in [5.74, 6) is -1.20. The van der Waals surface area contributed by atoms with Crippen molar-refractivity contribution in [2.24, 2.45) is 5.73 Å². The molecule has 0 saturated heterocycles. The predicted octanol–water partition coefficient (Wildman–Crippen LogP) is 3.37. The fraction of sp³-hybridized carbons (Fsp3) is 0. The van der Waals surface area contributed by atoms with E-state index in [-0.39, 0.29) is 10.6 Å². The van der Waals surface area contributed by atoms with Crippen LogP contribution in [0.15, 0.2) is 42.5 Å². The van der Waals surface area contributed by atoms with Crippen LogP contribution >= 0.6 is 23.8 Å². The molecule has 2 aromatic rings. The van der Waals surface area contributed by atoms with Crippen LogP contribution in [-0.2, 0) is 0 Å². The van der Waals surface area contributed by atoms with Crippen molar-refractivity contribution < 1.29 is 9.18 Å². The Morgan fingerprint density at radius 1 is 1.25 bits per heavy atom. The van der Waals surface area contributed by atoms with Gasteiger partial charge in [0, 0.05) is 5.56 Å². The van der Waals surface area contributed by atoms with Crippen LogP contribution in [0.25, 0.3) is 0 Å². The Bertz CT molecular complexity index is 691. The number of benzene rings is 2. The molecule has 0 radical (unpaired) electrons. The molecule has 2 aromatic carbocycles. The van der Waals surface area contributed by atoms with Crippen molar-refractivity contribution in [3.05, 3.63) is 64.4 Å². The molecule has 0 spiro atoms. The lowest BCUT2D eigenvalue weighted by atomic mass is 10.1. The predicted molar refractivity (Wildman–Crippen MR) is 81.7 cm³/mol. The van der Waals surface area contributed by atoms with Crippen LogP contribution < -0.4 is 11.1 Å². The number of nitrogens with two attached hydrogens (primary N) is 1. The van der Waals surface area contributed by atoms with Crippen LogP contribution in [0.1, 0.15) is 15.9 Å². The molecular formula is C14H10ClFN2OS. The van der Waals surface area contributed by atoms with Crippen LogP contribution in [0.5, 0.6) is 0 Å². The Balaban J connectivity index is 2.30. The molecule has 0 unspecified atom stereocenters. The monoisotopic (exact) mass is 308 g/mol. The molecule has 0 heterocycles. The normalized spacial score (nSPS) is 10.1. The van der Waals surface area contributed by atoms with E-state index in [9.17, 15) is 9.18 Å². The molecule has 0 aliphatic rings. The first-order valence-corrected chi connectivity index (χ1v) is 6.43. The van der Waals surface area contributed by atoms with Gasteiger partial charge in [0.15, 0.2) is 0 Å². The van der Waals surface area contributed by atoms with E-state index in [2.05, 4.69) is 5.32 Å². The average molecular weight is 309 g/mol. The van der Waals surface area contributed by atoms with Crippen molar-refractivity contribution in [2.45, 2.75) is 0 Å². The van der Waals surface area contributed by atoms with Crippen molar-refractivity contribution in [2.75, 3.05) is 5.32 Å². The minimum atomic E-state index is -0.605. The third-order valence-corrected chi connectivity index (χ3v) is 3.18. The van der Waals surface area contributed by atoms with Crippen LogP contribution in [-0.4, -0.2) is 10.9 Å². The summed E-state index contributed by atoms with van der Waals surface area (Å²) in [7, 11) is 0. The van der Waals surface area contributed by atoms with Crippen molar-refractivity contribution in [1.29, 1.82) is 0 Å². The van der Waals surface area contributed by atoms with Gasteiger partial charge in [-0.15, -0.1) is 0 Å². The Morgan fingerprint density at radius 3 is 2.60 bits per heavy atom. The molecule has 0 aliphatic heterocycles. The SMILES string of the molecule is NC(=S)c1ccc(Cl)c(NC(=O)c2ccccc2F)c1. The number of nitrogens with one attached hydrogen (secondary N) is 1. The van der Waals surface area contributed by atoms with Gasteiger partial charge >= 0.3 is 0 Å². The van der Waals surface area contributed by atoms with Crippen LogP contribution in [0.4, 0.5) is 10.1 Å². The number of halogens is 2. The number of amides is 1. The molecule has 0 fully saturated rings. The zero-order valence-corrected chi connectivity index (χ0v) is 11.8. The van der Waals surface area contributed by atoms with E-state index in [1.165, 1.54) is 18.2 Å². The quantitative estimate of drug-likeness (QED) is 0.855. The number of carbonyl (C=O) groups is 1. The Kier molecular flexibility index (Phi) is 4.32. The van der Waals surface area contributed by atoms with E-state index in [0.717, 1.165) is 0 Å². The van der Waals surface area contributed by atoms with E-state index < -0.39 is 11.7 Å². The minimum absolute atomic E-state index is 0.0655. The molecule has 0 atom stereocenters. The first kappa shape index (κ1) is 14.4. The number of rotatable bonds is 3. The first-order chi connectivity index (χ1) is 9.49. The molecule has 1 amide bonds. The maximum Gasteiger partial charge on any atom is 0.258 e. The molecule has 20 heavy (non-hydrogen) atoms. The second-order valence-electron chi connectivity index (χ2n) is 3.99. The second kappa shape index (κ2) is 5.98. The molecule has 3 nitrogen and oxygen atoms in total. The fourth-order valence-electron chi connectivity index (χ4n) is 1.61. The van der Waals surface area contributed by atoms with Gasteiger partial charge < -0.3 is 11.1 Å². The maximum atomic E-state index is 13.5. The smallest absolute Gasteiger partial charge is 0.258 e. The summed E-state index contributed by atoms with van der Waals surface area (Å²) in [5.41, 5.74) is 6.34. The van der Waals surface area contributed by atoms with Gasteiger partial charge in [-0.05, 0) is 24.3 Å². The van der Waals surface area contributed by atoms with E-state index in [0.29, 0.717) is 16.3 Å². The number of anilines is 1. The highest BCUT2D eigenvalue weighted by molar-refractivity contribution is 7.80. The number of carbonyl (C=O) groups excluding carboxylic acids is 1. The zero-order chi connectivity index (χ0) is 14.7. The molecule has 0 aromatic heterocycles. The van der Waals surface area contributed by atoms with Crippen LogP contribution in [0.2, 0.25) is 5.02 Å². The summed E-state index contributed by atoms with van der Waals surface area (Å²) in [6.45, 7) is 0. The van der Waals surface area contributed by atoms with E-state index in [1.807, 2.05) is 0 Å². The molecule has 3 N–H and O–H groups in total. The lowest BCUT2D eigenvalue weighted by Crippen LogP contribution is -2.15. The lowest BCUT2D eigenvalue weighted by molar-refractivity contribution is 0.102. The van der Waals surface area contributed by atoms with Gasteiger partial charge in [-0.2, -0.15) is 0 Å². The Hall–Kier alpha value is -1.98. The fourth-order valence-corrected chi connectivity index (χ4v) is 1.90. The standard InChI is InChI=1S/C14H10ClFN2OS/c15-10-6-5-8(13(17)20)7-12(10)18-14(19)9-3-1-2-4-11(9)16/h1-7H,(H2,17,20)(H,18,19). The highest BCUT2D eigenvalue weighted by Gasteiger charge is 2.13. The number of thiocarbonyl (C=S) groups is 1. The van der Waals surface area contributed by atoms with E-state index in [4.69, 9.17) is 29.6 Å². The third-order valence-electron chi connectivity index (χ3n) is 2.62. The van der Waals surface area contributed by atoms with E-state index >= 15 is 0 Å². The van der Waals surface area contributed by atoms with Gasteiger partial charge in [0.2, 0.25) is 0 Å². The molecule has 6 heteroatoms. The summed E-state index contributed by atoms with van der Waals surface area (Å²) in [5, 5.41) is 2.85. The van der Waals surface area contributed by atoms with Crippen LogP contribution in [0.3, 0.4) is 0 Å². The Labute approximate surface area is 125 Å². The Morgan fingerprint density at radius 2 is 1.95 bits per heavy atom. The van der Waals surface area contributed by atoms with Crippen molar-refractivity contribution in [3.8, 4) is 0 Å². The van der Waals surface area contributed by atoms with Gasteiger partial charge in [-0.1, -0.05) is 42.0 Å². The van der Waals surface area contributed by atoms with Crippen molar-refractivity contribution >= 4 is 40.4 Å². The van der Waals surface area contributed by atoms with Gasteiger partial charge in [-0.3, -0.25) is 4.79 Å². The number of hydrogen-bond acceptors (Lipinski definition) is 2. The van der Waals surface area contributed by atoms with Gasteiger partial charge in [-0.25, -0.2) is 4.39 Å². The van der Waals surface area contributed by atoms with Gasteiger partial charge in [0.05, 0.1) is 16.3 Å².